The largest absolute Gasteiger partial charge is 0.451 e. The van der Waals surface area contributed by atoms with Crippen LogP contribution < -0.4 is 20.9 Å². The van der Waals surface area contributed by atoms with E-state index in [4.69, 9.17) is 35.5 Å². The number of aromatic nitrogens is 3. The van der Waals surface area contributed by atoms with Crippen molar-refractivity contribution in [1.29, 1.82) is 0 Å². The number of carbonyl (C=O) groups excluding carboxylic acids is 1. The Morgan fingerprint density at radius 1 is 1.05 bits per heavy atom. The van der Waals surface area contributed by atoms with Crippen LogP contribution in [0.2, 0.25) is 0 Å². The summed E-state index contributed by atoms with van der Waals surface area (Å²) in [6.45, 7) is 5.14. The zero-order valence-electron chi connectivity index (χ0n) is 24.1. The van der Waals surface area contributed by atoms with Crippen molar-refractivity contribution in [2.45, 2.75) is 25.0 Å². The number of nitrogens with one attached hydrogen (secondary N) is 1. The van der Waals surface area contributed by atoms with Crippen molar-refractivity contribution < 1.29 is 37.6 Å². The zero-order valence-corrected chi connectivity index (χ0v) is 24.9. The summed E-state index contributed by atoms with van der Waals surface area (Å²) in [6, 6.07) is 8.75. The molecule has 0 saturated carbocycles. The molecule has 6 N–H and O–H groups in total. The Labute approximate surface area is 257 Å². The summed E-state index contributed by atoms with van der Waals surface area (Å²) in [5, 5.41) is 16.6. The van der Waals surface area contributed by atoms with Gasteiger partial charge in [-0.15, -0.1) is 5.10 Å². The zero-order chi connectivity index (χ0) is 31.7. The van der Waals surface area contributed by atoms with E-state index < -0.39 is 29.3 Å². The highest BCUT2D eigenvalue weighted by atomic mass is 32.2. The molecule has 0 aliphatic rings. The molecule has 0 fully saturated rings. The molecular formula is C28H35F2N7O6S. The highest BCUT2D eigenvalue weighted by Gasteiger charge is 2.14. The standard InChI is InChI=1S/C28H35F2N7O6S/c1-19(27(39)34-28(31)32)14-20-15-24(29)26(25(30)16-20)43-22-2-4-23(5-3-22)44-33-6-8-40-10-12-42-13-11-41-9-7-37-17-21(18-38)35-36-37/h2-5,14-17,33,38H,6-13,18H2,1H3,(H4,31,32,34,39)/b19-14+. The van der Waals surface area contributed by atoms with Gasteiger partial charge in [0.15, 0.2) is 23.3 Å². The van der Waals surface area contributed by atoms with E-state index in [2.05, 4.69) is 20.0 Å². The highest BCUT2D eigenvalue weighted by molar-refractivity contribution is 7.97. The van der Waals surface area contributed by atoms with Crippen LogP contribution in [-0.2, 0) is 32.2 Å². The lowest BCUT2D eigenvalue weighted by atomic mass is 10.1. The lowest BCUT2D eigenvalue weighted by Gasteiger charge is -2.10. The highest BCUT2D eigenvalue weighted by Crippen LogP contribution is 2.30. The number of hydrogen-bond donors (Lipinski definition) is 4. The van der Waals surface area contributed by atoms with Crippen LogP contribution in [0.4, 0.5) is 8.78 Å². The molecule has 0 aliphatic carbocycles. The van der Waals surface area contributed by atoms with E-state index >= 15 is 0 Å². The van der Waals surface area contributed by atoms with Gasteiger partial charge in [0.2, 0.25) is 0 Å². The second-order valence-electron chi connectivity index (χ2n) is 9.02. The minimum atomic E-state index is -0.935. The lowest BCUT2D eigenvalue weighted by Crippen LogP contribution is -2.24. The van der Waals surface area contributed by atoms with Gasteiger partial charge in [0.1, 0.15) is 11.4 Å². The van der Waals surface area contributed by atoms with Gasteiger partial charge in [-0.1, -0.05) is 5.21 Å². The van der Waals surface area contributed by atoms with Crippen molar-refractivity contribution in [2.24, 2.45) is 16.5 Å². The van der Waals surface area contributed by atoms with Crippen LogP contribution in [0.25, 0.3) is 6.08 Å². The first-order valence-electron chi connectivity index (χ1n) is 13.5. The second kappa shape index (κ2) is 18.7. The molecule has 3 rings (SSSR count). The average molecular weight is 636 g/mol. The second-order valence-corrected chi connectivity index (χ2v) is 9.99. The average Bonchev–Trinajstić information content (AvgIpc) is 3.46. The maximum Gasteiger partial charge on any atom is 0.275 e. The Morgan fingerprint density at radius 3 is 2.30 bits per heavy atom. The Balaban J connectivity index is 1.27. The van der Waals surface area contributed by atoms with Gasteiger partial charge in [0.05, 0.1) is 59.0 Å². The van der Waals surface area contributed by atoms with Crippen molar-refractivity contribution in [3.63, 3.8) is 0 Å². The fourth-order valence-electron chi connectivity index (χ4n) is 3.44. The molecule has 1 amide bonds. The summed E-state index contributed by atoms with van der Waals surface area (Å²) >= 11 is 1.37. The maximum absolute atomic E-state index is 14.6. The Bertz CT molecular complexity index is 1380. The molecule has 1 aromatic heterocycles. The summed E-state index contributed by atoms with van der Waals surface area (Å²) in [7, 11) is 0. The first-order chi connectivity index (χ1) is 21.2. The number of ether oxygens (including phenoxy) is 4. The van der Waals surface area contributed by atoms with Gasteiger partial charge in [-0.2, -0.15) is 4.99 Å². The molecule has 0 aliphatic heterocycles. The van der Waals surface area contributed by atoms with Crippen LogP contribution in [0.15, 0.2) is 58.1 Å². The molecule has 3 aromatic rings. The van der Waals surface area contributed by atoms with Crippen LogP contribution in [0.3, 0.4) is 0 Å². The van der Waals surface area contributed by atoms with Gasteiger partial charge >= 0.3 is 0 Å². The first kappa shape index (κ1) is 34.6. The summed E-state index contributed by atoms with van der Waals surface area (Å²) in [4.78, 5) is 16.1. The summed E-state index contributed by atoms with van der Waals surface area (Å²) in [5.41, 5.74) is 11.1. The Kier molecular flexibility index (Phi) is 14.7. The van der Waals surface area contributed by atoms with E-state index in [0.29, 0.717) is 58.4 Å². The number of carbonyl (C=O) groups is 1. The number of hydrogen-bond acceptors (Lipinski definition) is 10. The molecule has 44 heavy (non-hydrogen) atoms. The van der Waals surface area contributed by atoms with Crippen LogP contribution in [0.1, 0.15) is 18.2 Å². The molecule has 0 spiro atoms. The summed E-state index contributed by atoms with van der Waals surface area (Å²) in [6.07, 6.45) is 2.93. The molecule has 0 saturated heterocycles. The van der Waals surface area contributed by atoms with Crippen LogP contribution >= 0.6 is 11.9 Å². The van der Waals surface area contributed by atoms with Crippen LogP contribution in [-0.4, -0.2) is 78.2 Å². The number of amides is 1. The minimum Gasteiger partial charge on any atom is -0.451 e. The number of nitrogens with zero attached hydrogens (tertiary/aromatic N) is 4. The topological polar surface area (TPSA) is 181 Å². The van der Waals surface area contributed by atoms with Crippen molar-refractivity contribution in [3.05, 3.63) is 71.1 Å². The predicted molar refractivity (Wildman–Crippen MR) is 160 cm³/mol. The van der Waals surface area contributed by atoms with E-state index in [0.717, 1.165) is 17.0 Å². The number of aliphatic hydroxyl groups excluding tert-OH is 1. The SMILES string of the molecule is C/C(=C\c1cc(F)c(Oc2ccc(SNCCOCCOCCOCCn3cc(CO)nn3)cc2)c(F)c1)C(=O)N=C(N)N. The van der Waals surface area contributed by atoms with Gasteiger partial charge in [-0.3, -0.25) is 9.52 Å². The third-order valence-electron chi connectivity index (χ3n) is 5.51. The van der Waals surface area contributed by atoms with Crippen molar-refractivity contribution in [1.82, 2.24) is 19.7 Å². The van der Waals surface area contributed by atoms with Gasteiger partial charge in [-0.25, -0.2) is 13.5 Å². The Morgan fingerprint density at radius 2 is 1.68 bits per heavy atom. The van der Waals surface area contributed by atoms with Crippen LogP contribution in [0.5, 0.6) is 11.5 Å². The van der Waals surface area contributed by atoms with Gasteiger partial charge in [0.25, 0.3) is 5.91 Å². The monoisotopic (exact) mass is 635 g/mol. The smallest absolute Gasteiger partial charge is 0.275 e. The van der Waals surface area contributed by atoms with Crippen LogP contribution in [0, 0.1) is 11.6 Å². The quantitative estimate of drug-likeness (QED) is 0.0497. The predicted octanol–water partition coefficient (Wildman–Crippen LogP) is 2.39. The number of aliphatic hydroxyl groups is 1. The van der Waals surface area contributed by atoms with Crippen molar-refractivity contribution >= 4 is 29.9 Å². The normalized spacial score (nSPS) is 11.5. The van der Waals surface area contributed by atoms with Gasteiger partial charge in [0, 0.05) is 17.0 Å². The minimum absolute atomic E-state index is 0.0990. The number of halogens is 2. The fraction of sp³-hybridized carbons (Fsp3) is 0.357. The molecule has 2 aromatic carbocycles. The molecule has 0 bridgehead atoms. The van der Waals surface area contributed by atoms with E-state index in [-0.39, 0.29) is 23.5 Å². The van der Waals surface area contributed by atoms with Gasteiger partial charge < -0.3 is 35.5 Å². The van der Waals surface area contributed by atoms with Crippen molar-refractivity contribution in [3.8, 4) is 11.5 Å². The lowest BCUT2D eigenvalue weighted by molar-refractivity contribution is -0.114. The molecule has 238 valence electrons. The summed E-state index contributed by atoms with van der Waals surface area (Å²) < 4.78 is 55.9. The number of nitrogens with two attached hydrogens (primary N) is 2. The summed E-state index contributed by atoms with van der Waals surface area (Å²) in [5.74, 6) is -3.32. The van der Waals surface area contributed by atoms with E-state index in [1.165, 1.54) is 24.9 Å². The third kappa shape index (κ3) is 12.4. The fourth-order valence-corrected chi connectivity index (χ4v) is 4.06. The van der Waals surface area contributed by atoms with Gasteiger partial charge in [-0.05, 0) is 66.9 Å². The number of rotatable bonds is 19. The maximum atomic E-state index is 14.6. The number of benzene rings is 2. The molecular weight excluding hydrogens is 600 g/mol. The van der Waals surface area contributed by atoms with E-state index in [9.17, 15) is 13.6 Å². The van der Waals surface area contributed by atoms with Crippen molar-refractivity contribution in [2.75, 3.05) is 46.2 Å². The van der Waals surface area contributed by atoms with E-state index in [1.54, 1.807) is 35.1 Å². The number of aliphatic imine (C=N–C) groups is 1. The molecule has 0 unspecified atom stereocenters. The molecule has 0 atom stereocenters. The first-order valence-corrected chi connectivity index (χ1v) is 14.3. The third-order valence-corrected chi connectivity index (χ3v) is 6.37. The molecule has 13 nitrogen and oxygen atoms in total. The van der Waals surface area contributed by atoms with E-state index in [1.807, 2.05) is 0 Å². The Hall–Kier alpha value is -3.93. The molecule has 1 heterocycles. The number of guanidine groups is 1. The molecule has 0 radical (unpaired) electrons. The molecule has 16 heteroatoms.